The number of nitrogens with one attached hydrogen (secondary N) is 1. The largest absolute Gasteiger partial charge is 0.480 e. The normalized spacial score (nSPS) is 18.8. The van der Waals surface area contributed by atoms with Gasteiger partial charge in [-0.05, 0) is 34.8 Å². The van der Waals surface area contributed by atoms with Gasteiger partial charge in [-0.1, -0.05) is 30.9 Å². The van der Waals surface area contributed by atoms with Crippen molar-refractivity contribution < 1.29 is 9.90 Å². The zero-order chi connectivity index (χ0) is 13.1. The molecule has 0 aromatic carbocycles. The van der Waals surface area contributed by atoms with Gasteiger partial charge in [0.2, 0.25) is 0 Å². The summed E-state index contributed by atoms with van der Waals surface area (Å²) in [5, 5.41) is 12.6. The fraction of sp³-hybridized carbons (Fsp3) is 0.583. The van der Waals surface area contributed by atoms with Crippen LogP contribution in [0.1, 0.15) is 43.0 Å². The number of hydrogen-bond acceptors (Lipinski definition) is 3. The quantitative estimate of drug-likeness (QED) is 0.853. The minimum absolute atomic E-state index is 0.305. The van der Waals surface area contributed by atoms with Crippen LogP contribution in [0.15, 0.2) is 10.5 Å². The molecular formula is C12H15BrClNO2S. The van der Waals surface area contributed by atoms with E-state index in [-0.39, 0.29) is 0 Å². The molecule has 1 heterocycles. The van der Waals surface area contributed by atoms with Crippen LogP contribution in [0.4, 0.5) is 0 Å². The van der Waals surface area contributed by atoms with E-state index in [9.17, 15) is 9.90 Å². The first-order valence-electron chi connectivity index (χ1n) is 6.01. The summed E-state index contributed by atoms with van der Waals surface area (Å²) >= 11 is 10.6. The molecule has 18 heavy (non-hydrogen) atoms. The Morgan fingerprint density at radius 1 is 1.50 bits per heavy atom. The minimum Gasteiger partial charge on any atom is -0.480 e. The monoisotopic (exact) mass is 351 g/mol. The maximum Gasteiger partial charge on any atom is 0.326 e. The first-order valence-corrected chi connectivity index (χ1v) is 8.00. The van der Waals surface area contributed by atoms with Gasteiger partial charge in [-0.2, -0.15) is 0 Å². The number of hydrogen-bond donors (Lipinski definition) is 2. The van der Waals surface area contributed by atoms with Crippen molar-refractivity contribution in [2.45, 2.75) is 44.2 Å². The fourth-order valence-electron chi connectivity index (χ4n) is 2.29. The Morgan fingerprint density at radius 3 is 2.67 bits per heavy atom. The minimum atomic E-state index is -0.842. The highest BCUT2D eigenvalue weighted by Crippen LogP contribution is 2.36. The Kier molecular flexibility index (Phi) is 5.06. The standard InChI is InChI=1S/C12H15BrClNO2S/c13-8-6-9(18-11(8)14)10(12(16)17)15-7-4-2-1-3-5-7/h6-7,10,15H,1-5H2,(H,16,17). The summed E-state index contributed by atoms with van der Waals surface area (Å²) in [7, 11) is 0. The van der Waals surface area contributed by atoms with Crippen LogP contribution in [0.2, 0.25) is 4.34 Å². The average molecular weight is 353 g/mol. The summed E-state index contributed by atoms with van der Waals surface area (Å²) < 4.78 is 1.36. The molecule has 100 valence electrons. The van der Waals surface area contributed by atoms with Crippen LogP contribution in [0.5, 0.6) is 0 Å². The third-order valence-corrected chi connectivity index (χ3v) is 5.74. The molecule has 0 spiro atoms. The molecule has 2 N–H and O–H groups in total. The molecule has 0 radical (unpaired) electrons. The van der Waals surface area contributed by atoms with Crippen molar-refractivity contribution in [3.8, 4) is 0 Å². The lowest BCUT2D eigenvalue weighted by Crippen LogP contribution is -2.37. The predicted octanol–water partition coefficient (Wildman–Crippen LogP) is 4.21. The van der Waals surface area contributed by atoms with Gasteiger partial charge in [0.15, 0.2) is 0 Å². The van der Waals surface area contributed by atoms with Gasteiger partial charge in [0.05, 0.1) is 0 Å². The summed E-state index contributed by atoms with van der Waals surface area (Å²) in [5.41, 5.74) is 0. The van der Waals surface area contributed by atoms with E-state index in [2.05, 4.69) is 21.2 Å². The van der Waals surface area contributed by atoms with Gasteiger partial charge in [-0.15, -0.1) is 11.3 Å². The van der Waals surface area contributed by atoms with E-state index >= 15 is 0 Å². The van der Waals surface area contributed by atoms with Crippen molar-refractivity contribution in [2.75, 3.05) is 0 Å². The zero-order valence-electron chi connectivity index (χ0n) is 9.79. The van der Waals surface area contributed by atoms with Crippen LogP contribution in [0, 0.1) is 0 Å². The van der Waals surface area contributed by atoms with Gasteiger partial charge in [-0.25, -0.2) is 0 Å². The van der Waals surface area contributed by atoms with E-state index in [1.807, 2.05) is 0 Å². The smallest absolute Gasteiger partial charge is 0.326 e. The first-order chi connectivity index (χ1) is 8.58. The summed E-state index contributed by atoms with van der Waals surface area (Å²) in [6, 6.07) is 1.45. The van der Waals surface area contributed by atoms with Crippen LogP contribution >= 0.6 is 38.9 Å². The lowest BCUT2D eigenvalue weighted by molar-refractivity contribution is -0.139. The van der Waals surface area contributed by atoms with Crippen molar-refractivity contribution in [1.29, 1.82) is 0 Å². The maximum atomic E-state index is 11.4. The highest BCUT2D eigenvalue weighted by atomic mass is 79.9. The third kappa shape index (κ3) is 3.47. The van der Waals surface area contributed by atoms with Gasteiger partial charge in [0.1, 0.15) is 10.4 Å². The number of carbonyl (C=O) groups is 1. The van der Waals surface area contributed by atoms with Crippen LogP contribution in [0.25, 0.3) is 0 Å². The molecule has 6 heteroatoms. The Bertz CT molecular complexity index is 412. The first kappa shape index (κ1) is 14.3. The Balaban J connectivity index is 2.10. The topological polar surface area (TPSA) is 49.3 Å². The van der Waals surface area contributed by atoms with Gasteiger partial charge < -0.3 is 5.11 Å². The van der Waals surface area contributed by atoms with Crippen LogP contribution < -0.4 is 5.32 Å². The number of thiophene rings is 1. The summed E-state index contributed by atoms with van der Waals surface area (Å²) in [4.78, 5) is 12.1. The number of carboxylic acids is 1. The molecule has 0 amide bonds. The predicted molar refractivity (Wildman–Crippen MR) is 77.4 cm³/mol. The molecule has 1 fully saturated rings. The molecule has 1 aliphatic carbocycles. The van der Waals surface area contributed by atoms with E-state index in [1.165, 1.54) is 30.6 Å². The second-order valence-electron chi connectivity index (χ2n) is 4.54. The van der Waals surface area contributed by atoms with E-state index in [0.717, 1.165) is 22.2 Å². The SMILES string of the molecule is O=C(O)C(NC1CCCCC1)c1cc(Br)c(Cl)s1. The molecule has 1 atom stereocenters. The molecule has 1 aromatic rings. The lowest BCUT2D eigenvalue weighted by Gasteiger charge is -2.26. The van der Waals surface area contributed by atoms with E-state index in [1.54, 1.807) is 6.07 Å². The fourth-order valence-corrected chi connectivity index (χ4v) is 4.08. The van der Waals surface area contributed by atoms with E-state index in [4.69, 9.17) is 11.6 Å². The highest BCUT2D eigenvalue weighted by molar-refractivity contribution is 9.10. The molecule has 1 aromatic heterocycles. The number of halogens is 2. The van der Waals surface area contributed by atoms with E-state index in [0.29, 0.717) is 10.4 Å². The van der Waals surface area contributed by atoms with Gasteiger partial charge in [0, 0.05) is 15.4 Å². The van der Waals surface area contributed by atoms with Crippen molar-refractivity contribution >= 4 is 44.8 Å². The molecule has 1 saturated carbocycles. The van der Waals surface area contributed by atoms with Crippen molar-refractivity contribution in [1.82, 2.24) is 5.32 Å². The van der Waals surface area contributed by atoms with Crippen LogP contribution in [0.3, 0.4) is 0 Å². The molecule has 0 aliphatic heterocycles. The molecule has 0 saturated heterocycles. The number of rotatable bonds is 4. The van der Waals surface area contributed by atoms with Gasteiger partial charge >= 0.3 is 5.97 Å². The van der Waals surface area contributed by atoms with Crippen molar-refractivity contribution in [3.63, 3.8) is 0 Å². The zero-order valence-corrected chi connectivity index (χ0v) is 12.9. The molecular weight excluding hydrogens is 338 g/mol. The Morgan fingerprint density at radius 2 is 2.17 bits per heavy atom. The highest BCUT2D eigenvalue weighted by Gasteiger charge is 2.26. The summed E-state index contributed by atoms with van der Waals surface area (Å²) in [6.45, 7) is 0. The third-order valence-electron chi connectivity index (χ3n) is 3.20. The molecule has 2 rings (SSSR count). The second kappa shape index (κ2) is 6.37. The van der Waals surface area contributed by atoms with Gasteiger partial charge in [-0.3, -0.25) is 10.1 Å². The molecule has 1 aliphatic rings. The summed E-state index contributed by atoms with van der Waals surface area (Å²) in [6.07, 6.45) is 5.73. The Hall–Kier alpha value is -0.100. The molecule has 1 unspecified atom stereocenters. The van der Waals surface area contributed by atoms with Crippen LogP contribution in [-0.2, 0) is 4.79 Å². The second-order valence-corrected chi connectivity index (χ2v) is 7.08. The number of aliphatic carboxylic acids is 1. The van der Waals surface area contributed by atoms with Crippen molar-refractivity contribution in [3.05, 3.63) is 19.8 Å². The number of carboxylic acid groups (broad SMARTS) is 1. The average Bonchev–Trinajstić information content (AvgIpc) is 2.67. The lowest BCUT2D eigenvalue weighted by atomic mass is 9.95. The summed E-state index contributed by atoms with van der Waals surface area (Å²) in [5.74, 6) is -0.842. The molecule has 3 nitrogen and oxygen atoms in total. The van der Waals surface area contributed by atoms with Crippen molar-refractivity contribution in [2.24, 2.45) is 0 Å². The maximum absolute atomic E-state index is 11.4. The molecule has 0 bridgehead atoms. The van der Waals surface area contributed by atoms with Crippen LogP contribution in [-0.4, -0.2) is 17.1 Å². The Labute approximate surface area is 124 Å². The van der Waals surface area contributed by atoms with Gasteiger partial charge in [0.25, 0.3) is 0 Å². The van der Waals surface area contributed by atoms with E-state index < -0.39 is 12.0 Å².